The smallest absolute Gasteiger partial charge is 0.419 e. The van der Waals surface area contributed by atoms with Crippen molar-refractivity contribution in [2.75, 3.05) is 0 Å². The van der Waals surface area contributed by atoms with E-state index in [1.165, 1.54) is 10.8 Å². The number of aromatic nitrogens is 4. The summed E-state index contributed by atoms with van der Waals surface area (Å²) in [7, 11) is 0. The van der Waals surface area contributed by atoms with Crippen molar-refractivity contribution in [3.05, 3.63) is 94.0 Å². The van der Waals surface area contributed by atoms with E-state index in [1.807, 2.05) is 51.1 Å². The number of carbonyl (C=O) groups excluding carboxylic acids is 3. The lowest BCUT2D eigenvalue weighted by atomic mass is 10.0. The molecule has 0 aliphatic heterocycles. The number of H-pyrrole nitrogens is 1. The minimum Gasteiger partial charge on any atom is -0.460 e. The van der Waals surface area contributed by atoms with Crippen molar-refractivity contribution < 1.29 is 23.9 Å². The van der Waals surface area contributed by atoms with Gasteiger partial charge in [0.2, 0.25) is 0 Å². The Balaban J connectivity index is 1.37. The molecule has 0 fully saturated rings. The van der Waals surface area contributed by atoms with E-state index < -0.39 is 23.3 Å². The minimum absolute atomic E-state index is 0.0122. The highest BCUT2D eigenvalue weighted by Gasteiger charge is 2.24. The van der Waals surface area contributed by atoms with Gasteiger partial charge >= 0.3 is 12.1 Å². The lowest BCUT2D eigenvalue weighted by Gasteiger charge is -2.20. The van der Waals surface area contributed by atoms with Gasteiger partial charge in [-0.15, -0.1) is 0 Å². The molecule has 5 rings (SSSR count). The van der Waals surface area contributed by atoms with Crippen LogP contribution in [0.25, 0.3) is 21.8 Å². The van der Waals surface area contributed by atoms with E-state index in [0.29, 0.717) is 33.8 Å². The molecule has 0 aliphatic rings. The number of fused-ring (bicyclic) bond motifs is 2. The molecule has 0 saturated heterocycles. The van der Waals surface area contributed by atoms with Crippen molar-refractivity contribution in [3.63, 3.8) is 0 Å². The van der Waals surface area contributed by atoms with E-state index in [4.69, 9.17) is 21.1 Å². The summed E-state index contributed by atoms with van der Waals surface area (Å²) in [6.45, 7) is 11.0. The predicted octanol–water partition coefficient (Wildman–Crippen LogP) is 6.75. The first-order chi connectivity index (χ1) is 21.1. The van der Waals surface area contributed by atoms with Gasteiger partial charge in [0.05, 0.1) is 35.3 Å². The van der Waals surface area contributed by atoms with Gasteiger partial charge in [0.1, 0.15) is 11.2 Å². The fraction of sp³-hybridized carbons (Fsp3) is 0.324. The highest BCUT2D eigenvalue weighted by atomic mass is 35.5. The van der Waals surface area contributed by atoms with Crippen LogP contribution in [0.4, 0.5) is 4.79 Å². The number of ether oxygens (including phenoxy) is 2. The normalized spacial score (nSPS) is 12.0. The molecule has 11 heteroatoms. The second kappa shape index (κ2) is 12.4. The van der Waals surface area contributed by atoms with Crippen LogP contribution in [-0.2, 0) is 33.7 Å². The standard InChI is InChI=1S/C34H36ClN5O5/c1-33(2,3)44-30(41)14-23-19-40(32(43)45-34(4,5)6)29-10-7-20(13-25(23)29)11-21-12-22(17-36-16-21)31(42)37-18-28-26-15-24(35)8-9-27(26)38-39-28/h7-10,12-13,15-17,19H,11,14,18H2,1-6H3,(H,37,42)(H,38,39). The Morgan fingerprint density at radius 3 is 2.40 bits per heavy atom. The van der Waals surface area contributed by atoms with E-state index in [2.05, 4.69) is 20.5 Å². The van der Waals surface area contributed by atoms with Gasteiger partial charge in [0, 0.05) is 34.4 Å². The Hall–Kier alpha value is -4.70. The fourth-order valence-corrected chi connectivity index (χ4v) is 5.15. The average Bonchev–Trinajstić information content (AvgIpc) is 3.50. The third-order valence-corrected chi connectivity index (χ3v) is 7.02. The molecule has 3 heterocycles. The van der Waals surface area contributed by atoms with E-state index in [-0.39, 0.29) is 18.9 Å². The molecular formula is C34H36ClN5O5. The van der Waals surface area contributed by atoms with Gasteiger partial charge in [-0.1, -0.05) is 17.7 Å². The van der Waals surface area contributed by atoms with Crippen LogP contribution in [0.5, 0.6) is 0 Å². The van der Waals surface area contributed by atoms with Gasteiger partial charge in [-0.05, 0) is 101 Å². The van der Waals surface area contributed by atoms with Crippen molar-refractivity contribution in [1.29, 1.82) is 0 Å². The van der Waals surface area contributed by atoms with Crippen LogP contribution in [0.1, 0.15) is 74.3 Å². The largest absolute Gasteiger partial charge is 0.460 e. The molecule has 0 radical (unpaired) electrons. The third-order valence-electron chi connectivity index (χ3n) is 6.78. The summed E-state index contributed by atoms with van der Waals surface area (Å²) in [4.78, 5) is 43.1. The van der Waals surface area contributed by atoms with Crippen molar-refractivity contribution in [2.24, 2.45) is 0 Å². The van der Waals surface area contributed by atoms with Crippen LogP contribution >= 0.6 is 11.6 Å². The average molecular weight is 630 g/mol. The van der Waals surface area contributed by atoms with Gasteiger partial charge in [-0.25, -0.2) is 4.79 Å². The lowest BCUT2D eigenvalue weighted by molar-refractivity contribution is -0.153. The van der Waals surface area contributed by atoms with E-state index >= 15 is 0 Å². The number of amides is 1. The second-order valence-electron chi connectivity index (χ2n) is 12.9. The predicted molar refractivity (Wildman–Crippen MR) is 172 cm³/mol. The van der Waals surface area contributed by atoms with Gasteiger partial charge < -0.3 is 14.8 Å². The number of carbonyl (C=O) groups is 3. The summed E-state index contributed by atoms with van der Waals surface area (Å²) in [5, 5.41) is 12.3. The van der Waals surface area contributed by atoms with Crippen LogP contribution in [-0.4, -0.2) is 48.9 Å². The van der Waals surface area contributed by atoms with Crippen molar-refractivity contribution >= 4 is 51.4 Å². The number of aromatic amines is 1. The molecule has 0 aliphatic carbocycles. The summed E-state index contributed by atoms with van der Waals surface area (Å²) in [6, 6.07) is 12.9. The van der Waals surface area contributed by atoms with Gasteiger partial charge in [-0.3, -0.25) is 24.2 Å². The van der Waals surface area contributed by atoms with Crippen LogP contribution in [0.3, 0.4) is 0 Å². The van der Waals surface area contributed by atoms with Crippen molar-refractivity contribution in [1.82, 2.24) is 25.1 Å². The Kier molecular flexibility index (Phi) is 8.71. The third kappa shape index (κ3) is 7.88. The summed E-state index contributed by atoms with van der Waals surface area (Å²) in [5.74, 6) is -0.683. The first-order valence-electron chi connectivity index (χ1n) is 14.6. The van der Waals surface area contributed by atoms with E-state index in [0.717, 1.165) is 27.4 Å². The summed E-state index contributed by atoms with van der Waals surface area (Å²) in [5.41, 5.74) is 3.58. The zero-order chi connectivity index (χ0) is 32.5. The second-order valence-corrected chi connectivity index (χ2v) is 13.4. The first kappa shape index (κ1) is 31.7. The number of hydrogen-bond acceptors (Lipinski definition) is 7. The van der Waals surface area contributed by atoms with E-state index in [9.17, 15) is 14.4 Å². The first-order valence-corrected chi connectivity index (χ1v) is 15.0. The van der Waals surface area contributed by atoms with Crippen LogP contribution in [0.2, 0.25) is 5.02 Å². The summed E-state index contributed by atoms with van der Waals surface area (Å²) < 4.78 is 12.6. The summed E-state index contributed by atoms with van der Waals surface area (Å²) >= 11 is 6.13. The molecule has 45 heavy (non-hydrogen) atoms. The number of pyridine rings is 1. The summed E-state index contributed by atoms with van der Waals surface area (Å²) in [6.07, 6.45) is 4.77. The molecule has 234 valence electrons. The highest BCUT2D eigenvalue weighted by molar-refractivity contribution is 6.31. The number of rotatable bonds is 7. The number of halogens is 1. The minimum atomic E-state index is -0.692. The molecule has 0 spiro atoms. The maximum absolute atomic E-state index is 13.1. The monoisotopic (exact) mass is 629 g/mol. The van der Waals surface area contributed by atoms with Gasteiger partial charge in [0.15, 0.2) is 0 Å². The molecular weight excluding hydrogens is 594 g/mol. The Bertz CT molecular complexity index is 1910. The maximum Gasteiger partial charge on any atom is 0.419 e. The molecule has 0 unspecified atom stereocenters. The zero-order valence-corrected chi connectivity index (χ0v) is 26.9. The Labute approximate surface area is 266 Å². The van der Waals surface area contributed by atoms with Crippen LogP contribution in [0.15, 0.2) is 61.1 Å². The van der Waals surface area contributed by atoms with Crippen molar-refractivity contribution in [2.45, 2.75) is 72.1 Å². The topological polar surface area (TPSA) is 128 Å². The number of esters is 1. The molecule has 0 atom stereocenters. The van der Waals surface area contributed by atoms with Gasteiger partial charge in [-0.2, -0.15) is 5.10 Å². The van der Waals surface area contributed by atoms with E-state index in [1.54, 1.807) is 45.3 Å². The van der Waals surface area contributed by atoms with Crippen LogP contribution < -0.4 is 5.32 Å². The highest BCUT2D eigenvalue weighted by Crippen LogP contribution is 2.27. The molecule has 0 saturated carbocycles. The SMILES string of the molecule is CC(C)(C)OC(=O)Cc1cn(C(=O)OC(C)(C)C)c2ccc(Cc3cncc(C(=O)NCc4n[nH]c5ccc(Cl)cc45)c3)cc12. The molecule has 5 aromatic rings. The number of hydrogen-bond donors (Lipinski definition) is 2. The number of nitrogens with one attached hydrogen (secondary N) is 2. The molecule has 2 N–H and O–H groups in total. The number of nitrogens with zero attached hydrogens (tertiary/aromatic N) is 3. The number of benzene rings is 2. The van der Waals surface area contributed by atoms with Crippen LogP contribution in [0, 0.1) is 0 Å². The van der Waals surface area contributed by atoms with Crippen molar-refractivity contribution in [3.8, 4) is 0 Å². The zero-order valence-electron chi connectivity index (χ0n) is 26.2. The lowest BCUT2D eigenvalue weighted by Crippen LogP contribution is -2.26. The Morgan fingerprint density at radius 2 is 1.67 bits per heavy atom. The maximum atomic E-state index is 13.1. The molecule has 1 amide bonds. The quantitative estimate of drug-likeness (QED) is 0.190. The molecule has 2 aromatic carbocycles. The molecule has 3 aromatic heterocycles. The van der Waals surface area contributed by atoms with Gasteiger partial charge in [0.25, 0.3) is 5.91 Å². The molecule has 0 bridgehead atoms. The molecule has 10 nitrogen and oxygen atoms in total. The fourth-order valence-electron chi connectivity index (χ4n) is 4.98. The Morgan fingerprint density at radius 1 is 0.911 bits per heavy atom.